The van der Waals surface area contributed by atoms with Crippen LogP contribution in [0.4, 0.5) is 26.3 Å². The van der Waals surface area contributed by atoms with Gasteiger partial charge in [-0.05, 0) is 44.6 Å². The van der Waals surface area contributed by atoms with Gasteiger partial charge in [0.05, 0.1) is 17.7 Å². The molecule has 0 fully saturated rings. The van der Waals surface area contributed by atoms with Crippen molar-refractivity contribution < 1.29 is 35.9 Å². The first-order valence-corrected chi connectivity index (χ1v) is 8.85. The van der Waals surface area contributed by atoms with E-state index < -0.39 is 43.1 Å². The Balaban J connectivity index is 0.00000392. The molecule has 1 radical (unpaired) electrons. The fourth-order valence-electron chi connectivity index (χ4n) is 2.32. The number of hydrogen-bond donors (Lipinski definition) is 0. The average Bonchev–Trinajstić information content (AvgIpc) is 2.59. The number of benzene rings is 2. The summed E-state index contributed by atoms with van der Waals surface area (Å²) in [6.07, 6.45) is -9.38. The van der Waals surface area contributed by atoms with Gasteiger partial charge in [-0.25, -0.2) is 0 Å². The fourth-order valence-corrected chi connectivity index (χ4v) is 3.31. The van der Waals surface area contributed by atoms with Crippen molar-refractivity contribution in [3.8, 4) is 5.75 Å². The zero-order valence-corrected chi connectivity index (χ0v) is 16.0. The van der Waals surface area contributed by atoms with Crippen LogP contribution < -0.4 is 10.0 Å². The van der Waals surface area contributed by atoms with Gasteiger partial charge in [0.1, 0.15) is 5.75 Å². The molecule has 0 spiro atoms. The van der Waals surface area contributed by atoms with Crippen molar-refractivity contribution in [1.82, 2.24) is 0 Å². The van der Waals surface area contributed by atoms with Crippen LogP contribution in [0.5, 0.6) is 5.75 Å². The van der Waals surface area contributed by atoms with Crippen molar-refractivity contribution in [1.29, 1.82) is 0 Å². The Labute approximate surface area is 171 Å². The second kappa shape index (κ2) is 9.82. The molecule has 0 bridgehead atoms. The van der Waals surface area contributed by atoms with Crippen LogP contribution in [0, 0.1) is 0 Å². The van der Waals surface area contributed by atoms with E-state index in [0.717, 1.165) is 6.42 Å². The van der Waals surface area contributed by atoms with Gasteiger partial charge in [0.25, 0.3) is 0 Å². The van der Waals surface area contributed by atoms with E-state index in [2.05, 4.69) is 0 Å². The van der Waals surface area contributed by atoms with E-state index in [1.807, 2.05) is 6.92 Å². The van der Waals surface area contributed by atoms with Crippen molar-refractivity contribution in [3.05, 3.63) is 59.2 Å². The summed E-state index contributed by atoms with van der Waals surface area (Å²) in [7, 11) is -0.889. The molecule has 0 aliphatic heterocycles. The maximum Gasteiger partial charge on any atom is 0.417 e. The summed E-state index contributed by atoms with van der Waals surface area (Å²) < 4.78 is 84.3. The van der Waals surface area contributed by atoms with Crippen LogP contribution in [0.15, 0.2) is 42.5 Å². The third-order valence-corrected chi connectivity index (χ3v) is 4.59. The Morgan fingerprint density at radius 1 is 0.929 bits per heavy atom. The molecule has 0 aromatic heterocycles. The second-order valence-electron chi connectivity index (χ2n) is 5.55. The molecule has 0 N–H and O–H groups in total. The molecule has 0 aliphatic carbocycles. The Hall–Kier alpha value is -1.48. The fraction of sp³-hybridized carbons (Fsp3) is 0.278. The van der Waals surface area contributed by atoms with Crippen molar-refractivity contribution in [2.45, 2.75) is 25.7 Å². The van der Waals surface area contributed by atoms with Crippen LogP contribution in [0.1, 0.15) is 34.8 Å². The molecule has 0 aliphatic rings. The number of halogens is 6. The minimum Gasteiger partial charge on any atom is -0.494 e. The Bertz CT molecular complexity index is 771. The molecule has 0 saturated heterocycles. The minimum absolute atomic E-state index is 0. The molecule has 2 rings (SSSR count). The molecule has 1 unspecified atom stereocenters. The van der Waals surface area contributed by atoms with Gasteiger partial charge in [0.15, 0.2) is 5.52 Å². The monoisotopic (exact) mass is 415 g/mol. The van der Waals surface area contributed by atoms with Gasteiger partial charge in [-0.1, -0.05) is 25.1 Å². The third kappa shape index (κ3) is 6.27. The maximum atomic E-state index is 13.2. The molecule has 2 aromatic carbocycles. The first-order valence-electron chi connectivity index (χ1n) is 7.85. The maximum absolute atomic E-state index is 13.2. The van der Waals surface area contributed by atoms with Crippen molar-refractivity contribution in [3.63, 3.8) is 0 Å². The summed E-state index contributed by atoms with van der Waals surface area (Å²) in [5.41, 5.74) is -5.74. The van der Waals surface area contributed by atoms with Gasteiger partial charge in [0.2, 0.25) is 0 Å². The third-order valence-electron chi connectivity index (χ3n) is 3.49. The van der Waals surface area contributed by atoms with Crippen LogP contribution in [0.3, 0.4) is 0 Å². The van der Waals surface area contributed by atoms with Crippen molar-refractivity contribution >= 4 is 38.3 Å². The number of carbonyl (C=O) groups excluding carboxylic acids is 1. The molecule has 0 saturated carbocycles. The molecule has 1 atom stereocenters. The molecule has 2 nitrogen and oxygen atoms in total. The Kier molecular flexibility index (Phi) is 8.61. The largest absolute Gasteiger partial charge is 0.494 e. The number of carbonyl (C=O) groups is 1. The van der Waals surface area contributed by atoms with E-state index in [1.165, 1.54) is 24.3 Å². The van der Waals surface area contributed by atoms with Crippen LogP contribution in [-0.4, -0.2) is 31.0 Å². The summed E-state index contributed by atoms with van der Waals surface area (Å²) >= 11 is 0. The second-order valence-corrected chi connectivity index (χ2v) is 6.83. The van der Waals surface area contributed by atoms with E-state index in [-0.39, 0.29) is 18.9 Å². The standard InChI is InChI=1S/C18H15F6O2P.Li/c1-2-10-26-11-6-8-12(9-7-11)27-16(25)15-13(17(19,20)21)4-3-5-14(15)18(22,23)24;/h3-9,27H,2,10H2,1H3;. The van der Waals surface area contributed by atoms with Crippen LogP contribution in [0.25, 0.3) is 0 Å². The molecule has 2 aromatic rings. The molecule has 28 heavy (non-hydrogen) atoms. The van der Waals surface area contributed by atoms with E-state index in [0.29, 0.717) is 35.9 Å². The first-order chi connectivity index (χ1) is 12.5. The summed E-state index contributed by atoms with van der Waals surface area (Å²) in [6.45, 7) is 2.37. The van der Waals surface area contributed by atoms with Gasteiger partial charge in [0, 0.05) is 24.4 Å². The van der Waals surface area contributed by atoms with Gasteiger partial charge >= 0.3 is 12.4 Å². The van der Waals surface area contributed by atoms with Crippen LogP contribution in [-0.2, 0) is 12.4 Å². The first kappa shape index (κ1) is 24.6. The smallest absolute Gasteiger partial charge is 0.417 e. The van der Waals surface area contributed by atoms with E-state index >= 15 is 0 Å². The minimum atomic E-state index is -5.07. The molecule has 0 amide bonds. The van der Waals surface area contributed by atoms with Crippen LogP contribution in [0.2, 0.25) is 0 Å². The van der Waals surface area contributed by atoms with Gasteiger partial charge in [-0.3, -0.25) is 4.79 Å². The quantitative estimate of drug-likeness (QED) is 0.365. The van der Waals surface area contributed by atoms with Crippen LogP contribution >= 0.6 is 8.58 Å². The molecule has 147 valence electrons. The predicted octanol–water partition coefficient (Wildman–Crippen LogP) is 5.28. The van der Waals surface area contributed by atoms with Gasteiger partial charge < -0.3 is 4.74 Å². The SMILES string of the molecule is CCCOc1ccc(PC(=O)c2c(C(F)(F)F)cccc2C(F)(F)F)cc1.[Li]. The zero-order chi connectivity index (χ0) is 20.2. The van der Waals surface area contributed by atoms with E-state index in [4.69, 9.17) is 4.74 Å². The summed E-state index contributed by atoms with van der Waals surface area (Å²) in [4.78, 5) is 12.4. The number of hydrogen-bond acceptors (Lipinski definition) is 2. The van der Waals surface area contributed by atoms with E-state index in [1.54, 1.807) is 0 Å². The molecule has 10 heteroatoms. The Morgan fingerprint density at radius 2 is 1.43 bits per heavy atom. The average molecular weight is 415 g/mol. The van der Waals surface area contributed by atoms with E-state index in [9.17, 15) is 31.1 Å². The van der Waals surface area contributed by atoms with Gasteiger partial charge in [-0.15, -0.1) is 0 Å². The zero-order valence-electron chi connectivity index (χ0n) is 15.0. The summed E-state index contributed by atoms with van der Waals surface area (Å²) in [5, 5.41) is 0.314. The topological polar surface area (TPSA) is 26.3 Å². The number of alkyl halides is 6. The van der Waals surface area contributed by atoms with Crippen molar-refractivity contribution in [2.75, 3.05) is 6.61 Å². The molecule has 0 heterocycles. The Morgan fingerprint density at radius 3 is 1.86 bits per heavy atom. The van der Waals surface area contributed by atoms with Crippen molar-refractivity contribution in [2.24, 2.45) is 0 Å². The molecular weight excluding hydrogens is 400 g/mol. The van der Waals surface area contributed by atoms with Gasteiger partial charge in [-0.2, -0.15) is 26.3 Å². The summed E-state index contributed by atoms with van der Waals surface area (Å²) in [6, 6.07) is 7.54. The summed E-state index contributed by atoms with van der Waals surface area (Å²) in [5.74, 6) is 0.504. The number of ether oxygens (including phenoxy) is 1. The normalized spacial score (nSPS) is 12.1. The molecular formula is C18H15F6LiO2P. The number of rotatable bonds is 6. The predicted molar refractivity (Wildman–Crippen MR) is 96.7 cm³/mol.